The van der Waals surface area contributed by atoms with Gasteiger partial charge in [-0.3, -0.25) is 4.79 Å². The highest BCUT2D eigenvalue weighted by atomic mass is 16.7. The third-order valence-corrected chi connectivity index (χ3v) is 4.14. The molecule has 0 aromatic heterocycles. The summed E-state index contributed by atoms with van der Waals surface area (Å²) >= 11 is 0. The van der Waals surface area contributed by atoms with Gasteiger partial charge in [-0.05, 0) is 17.9 Å². The van der Waals surface area contributed by atoms with E-state index in [1.807, 2.05) is 30.3 Å². The molecule has 2 fully saturated rings. The van der Waals surface area contributed by atoms with Crippen molar-refractivity contribution in [2.75, 3.05) is 13.2 Å². The van der Waals surface area contributed by atoms with Crippen molar-refractivity contribution >= 4 is 5.97 Å². The first kappa shape index (κ1) is 12.6. The predicted octanol–water partition coefficient (Wildman–Crippen LogP) is 2.08. The van der Waals surface area contributed by atoms with Gasteiger partial charge < -0.3 is 14.6 Å². The number of benzene rings is 1. The zero-order valence-electron chi connectivity index (χ0n) is 10.7. The Morgan fingerprint density at radius 3 is 2.53 bits per heavy atom. The number of ether oxygens (including phenoxy) is 2. The van der Waals surface area contributed by atoms with Gasteiger partial charge in [-0.15, -0.1) is 0 Å². The van der Waals surface area contributed by atoms with E-state index < -0.39 is 11.8 Å². The van der Waals surface area contributed by atoms with Gasteiger partial charge in [0.2, 0.25) is 0 Å². The molecule has 19 heavy (non-hydrogen) atoms. The number of rotatable bonds is 3. The molecule has 4 nitrogen and oxygen atoms in total. The number of carboxylic acid groups (broad SMARTS) is 1. The molecule has 1 saturated heterocycles. The lowest BCUT2D eigenvalue weighted by atomic mass is 9.90. The Balaban J connectivity index is 1.77. The molecule has 1 heterocycles. The van der Waals surface area contributed by atoms with Crippen LogP contribution in [0, 0.1) is 11.8 Å². The second kappa shape index (κ2) is 4.94. The van der Waals surface area contributed by atoms with Crippen LogP contribution in [0.4, 0.5) is 0 Å². The van der Waals surface area contributed by atoms with Gasteiger partial charge in [-0.25, -0.2) is 0 Å². The fraction of sp³-hybridized carbons (Fsp3) is 0.533. The van der Waals surface area contributed by atoms with Crippen molar-refractivity contribution in [2.45, 2.75) is 25.0 Å². The van der Waals surface area contributed by atoms with Crippen LogP contribution in [0.25, 0.3) is 0 Å². The van der Waals surface area contributed by atoms with Crippen molar-refractivity contribution in [1.29, 1.82) is 0 Å². The van der Waals surface area contributed by atoms with Gasteiger partial charge >= 0.3 is 5.97 Å². The van der Waals surface area contributed by atoms with Gasteiger partial charge in [0, 0.05) is 12.8 Å². The highest BCUT2D eigenvalue weighted by Gasteiger charge is 2.51. The van der Waals surface area contributed by atoms with E-state index in [0.717, 1.165) is 6.42 Å². The van der Waals surface area contributed by atoms with Crippen LogP contribution in [0.15, 0.2) is 30.3 Å². The van der Waals surface area contributed by atoms with E-state index >= 15 is 0 Å². The molecule has 2 atom stereocenters. The van der Waals surface area contributed by atoms with E-state index in [1.54, 1.807) is 0 Å². The molecule has 0 radical (unpaired) electrons. The molecule has 4 heteroatoms. The van der Waals surface area contributed by atoms with Crippen LogP contribution in [-0.2, 0) is 20.7 Å². The highest BCUT2D eigenvalue weighted by molar-refractivity contribution is 5.71. The molecular weight excluding hydrogens is 244 g/mol. The average Bonchev–Trinajstić information content (AvgIpc) is 2.99. The van der Waals surface area contributed by atoms with Crippen LogP contribution in [0.2, 0.25) is 0 Å². The van der Waals surface area contributed by atoms with Crippen molar-refractivity contribution in [1.82, 2.24) is 0 Å². The number of carbonyl (C=O) groups is 1. The molecule has 1 aliphatic heterocycles. The van der Waals surface area contributed by atoms with Gasteiger partial charge in [0.1, 0.15) is 0 Å². The van der Waals surface area contributed by atoms with E-state index in [0.29, 0.717) is 26.1 Å². The first-order valence-electron chi connectivity index (χ1n) is 6.73. The largest absolute Gasteiger partial charge is 0.481 e. The predicted molar refractivity (Wildman–Crippen MR) is 68.6 cm³/mol. The van der Waals surface area contributed by atoms with Gasteiger partial charge in [0.05, 0.1) is 19.1 Å². The number of aliphatic carboxylic acids is 1. The molecule has 2 aliphatic rings. The molecule has 102 valence electrons. The van der Waals surface area contributed by atoms with Crippen LogP contribution >= 0.6 is 0 Å². The van der Waals surface area contributed by atoms with Crippen molar-refractivity contribution < 1.29 is 19.4 Å². The van der Waals surface area contributed by atoms with Crippen molar-refractivity contribution in [3.8, 4) is 0 Å². The average molecular weight is 262 g/mol. The summed E-state index contributed by atoms with van der Waals surface area (Å²) in [6.07, 6.45) is 1.92. The summed E-state index contributed by atoms with van der Waals surface area (Å²) in [5, 5.41) is 9.39. The van der Waals surface area contributed by atoms with Crippen LogP contribution in [-0.4, -0.2) is 30.1 Å². The van der Waals surface area contributed by atoms with Crippen LogP contribution in [0.1, 0.15) is 18.4 Å². The van der Waals surface area contributed by atoms with Crippen molar-refractivity contribution in [3.05, 3.63) is 35.9 Å². The first-order chi connectivity index (χ1) is 9.19. The molecule has 0 bridgehead atoms. The molecular formula is C15H18O4. The van der Waals surface area contributed by atoms with Crippen LogP contribution in [0.5, 0.6) is 0 Å². The topological polar surface area (TPSA) is 55.8 Å². The monoisotopic (exact) mass is 262 g/mol. The minimum Gasteiger partial charge on any atom is -0.481 e. The Morgan fingerprint density at radius 1 is 1.21 bits per heavy atom. The van der Waals surface area contributed by atoms with E-state index in [1.165, 1.54) is 5.56 Å². The van der Waals surface area contributed by atoms with Crippen molar-refractivity contribution in [3.63, 3.8) is 0 Å². The lowest BCUT2D eigenvalue weighted by Gasteiger charge is -2.21. The van der Waals surface area contributed by atoms with Gasteiger partial charge in [-0.1, -0.05) is 30.3 Å². The van der Waals surface area contributed by atoms with Crippen LogP contribution in [0.3, 0.4) is 0 Å². The van der Waals surface area contributed by atoms with Gasteiger partial charge in [0.15, 0.2) is 5.79 Å². The molecule has 1 N–H and O–H groups in total. The summed E-state index contributed by atoms with van der Waals surface area (Å²) in [5.74, 6) is -1.67. The fourth-order valence-corrected chi connectivity index (χ4v) is 3.28. The number of carboxylic acids is 1. The third kappa shape index (κ3) is 2.51. The molecule has 1 spiro atoms. The summed E-state index contributed by atoms with van der Waals surface area (Å²) in [6.45, 7) is 1.15. The summed E-state index contributed by atoms with van der Waals surface area (Å²) < 4.78 is 11.3. The van der Waals surface area contributed by atoms with Crippen molar-refractivity contribution in [2.24, 2.45) is 11.8 Å². The molecule has 0 unspecified atom stereocenters. The van der Waals surface area contributed by atoms with E-state index in [-0.39, 0.29) is 11.8 Å². The fourth-order valence-electron chi connectivity index (χ4n) is 3.28. The van der Waals surface area contributed by atoms with E-state index in [9.17, 15) is 9.90 Å². The third-order valence-electron chi connectivity index (χ3n) is 4.14. The van der Waals surface area contributed by atoms with Gasteiger partial charge in [0.25, 0.3) is 0 Å². The van der Waals surface area contributed by atoms with Crippen LogP contribution < -0.4 is 0 Å². The Kier molecular flexibility index (Phi) is 3.29. The first-order valence-corrected chi connectivity index (χ1v) is 6.73. The Morgan fingerprint density at radius 2 is 1.89 bits per heavy atom. The molecule has 1 aromatic carbocycles. The minimum atomic E-state index is -0.739. The number of hydrogen-bond acceptors (Lipinski definition) is 3. The maximum atomic E-state index is 11.4. The zero-order valence-corrected chi connectivity index (χ0v) is 10.7. The summed E-state index contributed by atoms with van der Waals surface area (Å²) in [7, 11) is 0. The Hall–Kier alpha value is -1.39. The lowest BCUT2D eigenvalue weighted by Crippen LogP contribution is -2.27. The normalized spacial score (nSPS) is 28.8. The summed E-state index contributed by atoms with van der Waals surface area (Å²) in [6, 6.07) is 10.0. The molecule has 1 saturated carbocycles. The SMILES string of the molecule is O=C(O)[C@H]1CC2(C[C@@H]1Cc1ccccc1)OCCO2. The minimum absolute atomic E-state index is 0.0815. The second-order valence-corrected chi connectivity index (χ2v) is 5.41. The zero-order chi connectivity index (χ0) is 13.3. The Bertz CT molecular complexity index is 450. The molecule has 1 aromatic rings. The number of hydrogen-bond donors (Lipinski definition) is 1. The Labute approximate surface area is 112 Å². The standard InChI is InChI=1S/C15H18O4/c16-14(17)13-10-15(18-6-7-19-15)9-12(13)8-11-4-2-1-3-5-11/h1-5,12-13H,6-10H2,(H,16,17)/t12-,13-/m0/s1. The molecule has 0 amide bonds. The highest BCUT2D eigenvalue weighted by Crippen LogP contribution is 2.45. The molecule has 1 aliphatic carbocycles. The molecule has 3 rings (SSSR count). The van der Waals surface area contributed by atoms with Gasteiger partial charge in [-0.2, -0.15) is 0 Å². The summed E-state index contributed by atoms with van der Waals surface area (Å²) in [5.41, 5.74) is 1.17. The van der Waals surface area contributed by atoms with E-state index in [4.69, 9.17) is 9.47 Å². The lowest BCUT2D eigenvalue weighted by molar-refractivity contribution is -0.159. The second-order valence-electron chi connectivity index (χ2n) is 5.41. The maximum absolute atomic E-state index is 11.4. The smallest absolute Gasteiger partial charge is 0.306 e. The van der Waals surface area contributed by atoms with E-state index in [2.05, 4.69) is 0 Å². The maximum Gasteiger partial charge on any atom is 0.306 e. The summed E-state index contributed by atoms with van der Waals surface area (Å²) in [4.78, 5) is 11.4. The quantitative estimate of drug-likeness (QED) is 0.906.